The summed E-state index contributed by atoms with van der Waals surface area (Å²) in [7, 11) is 0. The first-order chi connectivity index (χ1) is 11.0. The molecule has 118 valence electrons. The number of nitrogens with zero attached hydrogens (tertiary/aromatic N) is 2. The Kier molecular flexibility index (Phi) is 4.43. The molecule has 1 aliphatic heterocycles. The van der Waals surface area contributed by atoms with Crippen LogP contribution in [0, 0.1) is 12.8 Å². The summed E-state index contributed by atoms with van der Waals surface area (Å²) in [5.41, 5.74) is 1.83. The van der Waals surface area contributed by atoms with Crippen LogP contribution in [0.15, 0.2) is 47.1 Å². The van der Waals surface area contributed by atoms with Gasteiger partial charge in [0.1, 0.15) is 5.82 Å². The highest BCUT2D eigenvalue weighted by Crippen LogP contribution is 2.27. The number of benzene rings is 1. The zero-order valence-corrected chi connectivity index (χ0v) is 14.2. The standard InChI is InChI=1S/C17H16BrN3O2/c1-11-6-7-19-15(8-11)20-17(23)12-9-16(22)21(10-12)14-4-2-13(18)3-5-14/h2-8,12H,9-10H2,1H3,(H,19,20,23)/t12-/m0/s1. The third-order valence-corrected chi connectivity index (χ3v) is 4.33. The molecule has 1 aliphatic rings. The zero-order chi connectivity index (χ0) is 16.4. The summed E-state index contributed by atoms with van der Waals surface area (Å²) in [4.78, 5) is 30.3. The second-order valence-electron chi connectivity index (χ2n) is 5.59. The van der Waals surface area contributed by atoms with Crippen LogP contribution in [0.3, 0.4) is 0 Å². The van der Waals surface area contributed by atoms with Crippen molar-refractivity contribution in [3.63, 3.8) is 0 Å². The van der Waals surface area contributed by atoms with E-state index in [1.165, 1.54) is 0 Å². The maximum absolute atomic E-state index is 12.4. The normalized spacial score (nSPS) is 17.4. The summed E-state index contributed by atoms with van der Waals surface area (Å²) in [5, 5.41) is 2.79. The minimum absolute atomic E-state index is 0.0373. The molecule has 1 atom stereocenters. The number of hydrogen-bond acceptors (Lipinski definition) is 3. The summed E-state index contributed by atoms with van der Waals surface area (Å²) in [6.45, 7) is 2.32. The highest BCUT2D eigenvalue weighted by atomic mass is 79.9. The number of amides is 2. The van der Waals surface area contributed by atoms with E-state index in [0.29, 0.717) is 12.4 Å². The Morgan fingerprint density at radius 1 is 1.30 bits per heavy atom. The van der Waals surface area contributed by atoms with Gasteiger partial charge in [-0.25, -0.2) is 4.98 Å². The van der Waals surface area contributed by atoms with E-state index >= 15 is 0 Å². The quantitative estimate of drug-likeness (QED) is 0.898. The number of anilines is 2. The van der Waals surface area contributed by atoms with Gasteiger partial charge in [0, 0.05) is 29.3 Å². The molecular weight excluding hydrogens is 358 g/mol. The average Bonchev–Trinajstić information content (AvgIpc) is 2.90. The Bertz CT molecular complexity index is 746. The minimum Gasteiger partial charge on any atom is -0.312 e. The predicted octanol–water partition coefficient (Wildman–Crippen LogP) is 3.14. The van der Waals surface area contributed by atoms with E-state index in [9.17, 15) is 9.59 Å². The first-order valence-electron chi connectivity index (χ1n) is 7.32. The molecule has 1 aromatic carbocycles. The number of aromatic nitrogens is 1. The van der Waals surface area contributed by atoms with E-state index in [4.69, 9.17) is 0 Å². The van der Waals surface area contributed by atoms with Gasteiger partial charge in [-0.2, -0.15) is 0 Å². The van der Waals surface area contributed by atoms with Crippen LogP contribution in [0.5, 0.6) is 0 Å². The van der Waals surface area contributed by atoms with Gasteiger partial charge in [0.2, 0.25) is 11.8 Å². The maximum Gasteiger partial charge on any atom is 0.230 e. The van der Waals surface area contributed by atoms with Crippen LogP contribution in [-0.4, -0.2) is 23.3 Å². The average molecular weight is 374 g/mol. The number of hydrogen-bond donors (Lipinski definition) is 1. The van der Waals surface area contributed by atoms with Crippen molar-refractivity contribution < 1.29 is 9.59 Å². The first-order valence-corrected chi connectivity index (χ1v) is 8.11. The highest BCUT2D eigenvalue weighted by Gasteiger charge is 2.35. The van der Waals surface area contributed by atoms with Gasteiger partial charge in [-0.1, -0.05) is 15.9 Å². The number of aryl methyl sites for hydroxylation is 1. The van der Waals surface area contributed by atoms with Gasteiger partial charge in [0.05, 0.1) is 5.92 Å². The number of carbonyl (C=O) groups excluding carboxylic acids is 2. The maximum atomic E-state index is 12.4. The largest absolute Gasteiger partial charge is 0.312 e. The fourth-order valence-electron chi connectivity index (χ4n) is 2.59. The molecule has 6 heteroatoms. The topological polar surface area (TPSA) is 62.3 Å². The van der Waals surface area contributed by atoms with Crippen molar-refractivity contribution in [3.05, 3.63) is 52.6 Å². The molecule has 0 bridgehead atoms. The third-order valence-electron chi connectivity index (χ3n) is 3.80. The Morgan fingerprint density at radius 3 is 2.74 bits per heavy atom. The molecule has 2 amide bonds. The zero-order valence-electron chi connectivity index (χ0n) is 12.6. The molecule has 1 aromatic heterocycles. The van der Waals surface area contributed by atoms with Crippen LogP contribution in [0.2, 0.25) is 0 Å². The Hall–Kier alpha value is -2.21. The molecular formula is C17H16BrN3O2. The van der Waals surface area contributed by atoms with E-state index in [-0.39, 0.29) is 24.2 Å². The van der Waals surface area contributed by atoms with Crippen molar-refractivity contribution in [1.29, 1.82) is 0 Å². The number of rotatable bonds is 3. The molecule has 3 rings (SSSR count). The summed E-state index contributed by atoms with van der Waals surface area (Å²) in [6, 6.07) is 11.2. The molecule has 0 radical (unpaired) electrons. The number of pyridine rings is 1. The lowest BCUT2D eigenvalue weighted by atomic mass is 10.1. The van der Waals surface area contributed by atoms with Crippen LogP contribution in [0.1, 0.15) is 12.0 Å². The monoisotopic (exact) mass is 373 g/mol. The molecule has 0 unspecified atom stereocenters. The molecule has 1 saturated heterocycles. The molecule has 0 spiro atoms. The van der Waals surface area contributed by atoms with Crippen LogP contribution in [0.4, 0.5) is 11.5 Å². The Labute approximate surface area is 142 Å². The van der Waals surface area contributed by atoms with Crippen molar-refractivity contribution in [2.24, 2.45) is 5.92 Å². The molecule has 2 heterocycles. The van der Waals surface area contributed by atoms with Gasteiger partial charge in [0.25, 0.3) is 0 Å². The smallest absolute Gasteiger partial charge is 0.230 e. The second-order valence-corrected chi connectivity index (χ2v) is 6.51. The highest BCUT2D eigenvalue weighted by molar-refractivity contribution is 9.10. The lowest BCUT2D eigenvalue weighted by Crippen LogP contribution is -2.28. The number of halogens is 1. The van der Waals surface area contributed by atoms with Gasteiger partial charge in [-0.3, -0.25) is 9.59 Å². The second kappa shape index (κ2) is 6.50. The predicted molar refractivity (Wildman–Crippen MR) is 92.2 cm³/mol. The molecule has 5 nitrogen and oxygen atoms in total. The Morgan fingerprint density at radius 2 is 2.04 bits per heavy atom. The van der Waals surface area contributed by atoms with Crippen LogP contribution >= 0.6 is 15.9 Å². The van der Waals surface area contributed by atoms with Crippen molar-refractivity contribution >= 4 is 39.2 Å². The molecule has 0 saturated carbocycles. The Balaban J connectivity index is 1.69. The number of nitrogens with one attached hydrogen (secondary N) is 1. The van der Waals surface area contributed by atoms with E-state index in [1.807, 2.05) is 37.3 Å². The van der Waals surface area contributed by atoms with Crippen molar-refractivity contribution in [1.82, 2.24) is 4.98 Å². The van der Waals surface area contributed by atoms with E-state index < -0.39 is 0 Å². The number of carbonyl (C=O) groups is 2. The molecule has 23 heavy (non-hydrogen) atoms. The van der Waals surface area contributed by atoms with Crippen LogP contribution in [0.25, 0.3) is 0 Å². The summed E-state index contributed by atoms with van der Waals surface area (Å²) in [5.74, 6) is -0.0567. The molecule has 0 aliphatic carbocycles. The van der Waals surface area contributed by atoms with Crippen molar-refractivity contribution in [2.75, 3.05) is 16.8 Å². The fourth-order valence-corrected chi connectivity index (χ4v) is 2.85. The summed E-state index contributed by atoms with van der Waals surface area (Å²) < 4.78 is 0.952. The molecule has 1 N–H and O–H groups in total. The molecule has 1 fully saturated rings. The van der Waals surface area contributed by atoms with Crippen molar-refractivity contribution in [3.8, 4) is 0 Å². The summed E-state index contributed by atoms with van der Waals surface area (Å²) >= 11 is 3.37. The SMILES string of the molecule is Cc1ccnc(NC(=O)[C@H]2CC(=O)N(c3ccc(Br)cc3)C2)c1. The van der Waals surface area contributed by atoms with E-state index in [2.05, 4.69) is 26.2 Å². The third kappa shape index (κ3) is 3.59. The van der Waals surface area contributed by atoms with Gasteiger partial charge in [0.15, 0.2) is 0 Å². The minimum atomic E-state index is -0.367. The van der Waals surface area contributed by atoms with E-state index in [0.717, 1.165) is 15.7 Å². The first kappa shape index (κ1) is 15.7. The van der Waals surface area contributed by atoms with Gasteiger partial charge in [-0.05, 0) is 48.9 Å². The van der Waals surface area contributed by atoms with Crippen molar-refractivity contribution in [2.45, 2.75) is 13.3 Å². The lowest BCUT2D eigenvalue weighted by molar-refractivity contribution is -0.122. The lowest BCUT2D eigenvalue weighted by Gasteiger charge is -2.16. The van der Waals surface area contributed by atoms with Gasteiger partial charge in [-0.15, -0.1) is 0 Å². The van der Waals surface area contributed by atoms with E-state index in [1.54, 1.807) is 17.2 Å². The van der Waals surface area contributed by atoms with Crippen LogP contribution < -0.4 is 10.2 Å². The van der Waals surface area contributed by atoms with Gasteiger partial charge >= 0.3 is 0 Å². The van der Waals surface area contributed by atoms with Crippen LogP contribution in [-0.2, 0) is 9.59 Å². The van der Waals surface area contributed by atoms with Gasteiger partial charge < -0.3 is 10.2 Å². The fraction of sp³-hybridized carbons (Fsp3) is 0.235. The molecule has 2 aromatic rings. The summed E-state index contributed by atoms with van der Waals surface area (Å²) in [6.07, 6.45) is 1.87.